The summed E-state index contributed by atoms with van der Waals surface area (Å²) in [6, 6.07) is 59.0. The van der Waals surface area contributed by atoms with Gasteiger partial charge in [-0.25, -0.2) is 0 Å². The molecule has 0 radical (unpaired) electrons. The molecular formula is C54H62S2. The van der Waals surface area contributed by atoms with Crippen molar-refractivity contribution in [2.45, 2.75) is 90.9 Å². The van der Waals surface area contributed by atoms with Gasteiger partial charge in [-0.3, -0.25) is 0 Å². The largest absolute Gasteiger partial charge is 0.143 e. The third-order valence-electron chi connectivity index (χ3n) is 9.13. The topological polar surface area (TPSA) is 0 Å². The molecule has 0 aliphatic rings. The molecule has 0 unspecified atom stereocenters. The van der Waals surface area contributed by atoms with Gasteiger partial charge in [0.1, 0.15) is 0 Å². The fourth-order valence-corrected chi connectivity index (χ4v) is 6.55. The van der Waals surface area contributed by atoms with Crippen LogP contribution in [0.3, 0.4) is 0 Å². The molecule has 0 aromatic heterocycles. The Kier molecular flexibility index (Phi) is 20.7. The lowest BCUT2D eigenvalue weighted by molar-refractivity contribution is 0.886. The molecule has 2 heteroatoms. The van der Waals surface area contributed by atoms with E-state index in [4.69, 9.17) is 0 Å². The highest BCUT2D eigenvalue weighted by molar-refractivity contribution is 7.80. The summed E-state index contributed by atoms with van der Waals surface area (Å²) < 4.78 is 0. The van der Waals surface area contributed by atoms with E-state index >= 15 is 0 Å². The van der Waals surface area contributed by atoms with E-state index in [2.05, 4.69) is 184 Å². The van der Waals surface area contributed by atoms with Gasteiger partial charge in [0.05, 0.1) is 0 Å². The van der Waals surface area contributed by atoms with Crippen LogP contribution in [0.5, 0.6) is 0 Å². The lowest BCUT2D eigenvalue weighted by Crippen LogP contribution is -1.86. The maximum Gasteiger partial charge on any atom is 0.00427 e. The molecule has 0 N–H and O–H groups in total. The fraction of sp³-hybridized carbons (Fsp3) is 0.222. The summed E-state index contributed by atoms with van der Waals surface area (Å²) in [5, 5.41) is 8.15. The zero-order valence-corrected chi connectivity index (χ0v) is 36.7. The quantitative estimate of drug-likeness (QED) is 0.130. The summed E-state index contributed by atoms with van der Waals surface area (Å²) in [7, 11) is 0. The highest BCUT2D eigenvalue weighted by Crippen LogP contribution is 2.34. The molecule has 290 valence electrons. The minimum absolute atomic E-state index is 1.03. The Labute approximate surface area is 349 Å². The molecule has 0 aliphatic heterocycles. The van der Waals surface area contributed by atoms with E-state index in [9.17, 15) is 0 Å². The molecular weight excluding hydrogens is 713 g/mol. The molecule has 0 aliphatic carbocycles. The van der Waals surface area contributed by atoms with Crippen LogP contribution in [0.25, 0.3) is 32.3 Å². The Morgan fingerprint density at radius 2 is 0.696 bits per heavy atom. The first kappa shape index (κ1) is 45.6. The standard InChI is InChI=1S/C20H16.C9H12S.C7H8S.2C7H8.C4H10/c1-13-11-19-18-10-6-4-8-16(18)14(2)12-20(19)17-9-5-3-7-15(13)17;1-2-4-8-5-3-6-9(10)7-8;1-6-3-2-4-7(8)5-6;2*1-7-5-3-2-4-6-7;1-3-4-2/h3-12H,1-2H3;3,5-7,10H,2,4H2,1H3;2-5,8H,1H3;2*2-6H,1H3;3-4H2,1-2H3. The van der Waals surface area contributed by atoms with E-state index in [0.29, 0.717) is 0 Å². The summed E-state index contributed by atoms with van der Waals surface area (Å²) >= 11 is 8.40. The molecule has 8 aromatic carbocycles. The van der Waals surface area contributed by atoms with E-state index in [-0.39, 0.29) is 0 Å². The molecule has 0 saturated heterocycles. The van der Waals surface area contributed by atoms with Crippen LogP contribution in [0, 0.1) is 34.6 Å². The average molecular weight is 775 g/mol. The highest BCUT2D eigenvalue weighted by atomic mass is 32.1. The fourth-order valence-electron chi connectivity index (χ4n) is 6.01. The Balaban J connectivity index is 0.000000198. The van der Waals surface area contributed by atoms with Crippen molar-refractivity contribution in [3.05, 3.63) is 203 Å². The van der Waals surface area contributed by atoms with Gasteiger partial charge < -0.3 is 0 Å². The number of unbranched alkanes of at least 4 members (excludes halogenated alkanes) is 1. The Hall–Kier alpha value is -4.76. The number of hydrogen-bond donors (Lipinski definition) is 2. The second-order valence-corrected chi connectivity index (χ2v) is 15.2. The SMILES string of the molecule is CCCC.CCCc1cccc(S)c1.Cc1cc2c3ccccc3c(C)cc2c2ccccc12.Cc1cccc(S)c1.Cc1ccccc1.Cc1ccccc1. The van der Waals surface area contributed by atoms with Crippen LogP contribution in [0.1, 0.15) is 73.4 Å². The zero-order chi connectivity index (χ0) is 40.7. The van der Waals surface area contributed by atoms with Crippen LogP contribution >= 0.6 is 25.3 Å². The average Bonchev–Trinajstić information content (AvgIpc) is 3.20. The Bertz CT molecular complexity index is 2170. The first-order valence-corrected chi connectivity index (χ1v) is 20.8. The first-order valence-electron chi connectivity index (χ1n) is 19.9. The summed E-state index contributed by atoms with van der Waals surface area (Å²) in [4.78, 5) is 2.09. The smallest absolute Gasteiger partial charge is 0.00427 e. The van der Waals surface area contributed by atoms with Crippen LogP contribution < -0.4 is 0 Å². The molecule has 8 rings (SSSR count). The molecule has 8 aromatic rings. The normalized spacial score (nSPS) is 9.89. The molecule has 0 bridgehead atoms. The summed E-state index contributed by atoms with van der Waals surface area (Å²) in [6.45, 7) is 17.2. The zero-order valence-electron chi connectivity index (χ0n) is 34.9. The summed E-state index contributed by atoms with van der Waals surface area (Å²) in [5.74, 6) is 0. The second-order valence-electron chi connectivity index (χ2n) is 14.1. The molecule has 0 atom stereocenters. The highest BCUT2D eigenvalue weighted by Gasteiger charge is 2.08. The second kappa shape index (κ2) is 25.4. The van der Waals surface area contributed by atoms with Gasteiger partial charge in [0.2, 0.25) is 0 Å². The maximum atomic E-state index is 4.25. The minimum Gasteiger partial charge on any atom is -0.143 e. The van der Waals surface area contributed by atoms with Crippen molar-refractivity contribution >= 4 is 57.6 Å². The van der Waals surface area contributed by atoms with E-state index < -0.39 is 0 Å². The van der Waals surface area contributed by atoms with Gasteiger partial charge in [0.15, 0.2) is 0 Å². The Morgan fingerprint density at radius 3 is 1.02 bits per heavy atom. The third-order valence-corrected chi connectivity index (χ3v) is 9.68. The van der Waals surface area contributed by atoms with Crippen molar-refractivity contribution in [2.24, 2.45) is 0 Å². The van der Waals surface area contributed by atoms with Crippen LogP contribution in [0.2, 0.25) is 0 Å². The first-order chi connectivity index (χ1) is 27.1. The molecule has 0 nitrogen and oxygen atoms in total. The third kappa shape index (κ3) is 15.8. The van der Waals surface area contributed by atoms with Gasteiger partial charge in [0.25, 0.3) is 0 Å². The predicted molar refractivity (Wildman–Crippen MR) is 257 cm³/mol. The molecule has 0 spiro atoms. The molecule has 0 fully saturated rings. The summed E-state index contributed by atoms with van der Waals surface area (Å²) in [6.07, 6.45) is 5.01. The maximum absolute atomic E-state index is 4.25. The van der Waals surface area contributed by atoms with Crippen molar-refractivity contribution in [1.82, 2.24) is 0 Å². The van der Waals surface area contributed by atoms with Gasteiger partial charge in [-0.1, -0.05) is 202 Å². The lowest BCUT2D eigenvalue weighted by atomic mass is 9.92. The van der Waals surface area contributed by atoms with Crippen LogP contribution in [0.15, 0.2) is 180 Å². The number of aryl methyl sites for hydroxylation is 6. The number of hydrogen-bond acceptors (Lipinski definition) is 2. The van der Waals surface area contributed by atoms with Crippen molar-refractivity contribution in [1.29, 1.82) is 0 Å². The van der Waals surface area contributed by atoms with E-state index in [1.165, 1.54) is 85.0 Å². The van der Waals surface area contributed by atoms with Gasteiger partial charge in [-0.15, -0.1) is 25.3 Å². The van der Waals surface area contributed by atoms with Crippen molar-refractivity contribution in [3.63, 3.8) is 0 Å². The number of benzene rings is 8. The monoisotopic (exact) mass is 774 g/mol. The van der Waals surface area contributed by atoms with Crippen LogP contribution in [-0.2, 0) is 6.42 Å². The van der Waals surface area contributed by atoms with Crippen molar-refractivity contribution in [2.75, 3.05) is 0 Å². The summed E-state index contributed by atoms with van der Waals surface area (Å²) in [5.41, 5.74) is 7.99. The number of fused-ring (bicyclic) bond motifs is 5. The van der Waals surface area contributed by atoms with E-state index in [1.54, 1.807) is 0 Å². The molecule has 56 heavy (non-hydrogen) atoms. The van der Waals surface area contributed by atoms with E-state index in [1.807, 2.05) is 66.7 Å². The van der Waals surface area contributed by atoms with Crippen LogP contribution in [-0.4, -0.2) is 0 Å². The van der Waals surface area contributed by atoms with Gasteiger partial charge in [-0.2, -0.15) is 0 Å². The predicted octanol–water partition coefficient (Wildman–Crippen LogP) is 16.8. The molecule has 0 saturated carbocycles. The van der Waals surface area contributed by atoms with Crippen molar-refractivity contribution < 1.29 is 0 Å². The lowest BCUT2D eigenvalue weighted by Gasteiger charge is -2.12. The number of thiol groups is 2. The molecule has 0 heterocycles. The van der Waals surface area contributed by atoms with Gasteiger partial charge in [-0.05, 0) is 114 Å². The molecule has 0 amide bonds. The Morgan fingerprint density at radius 1 is 0.321 bits per heavy atom. The van der Waals surface area contributed by atoms with Gasteiger partial charge in [0, 0.05) is 9.79 Å². The minimum atomic E-state index is 1.03. The number of rotatable bonds is 3. The van der Waals surface area contributed by atoms with Crippen molar-refractivity contribution in [3.8, 4) is 0 Å². The van der Waals surface area contributed by atoms with E-state index in [0.717, 1.165) is 16.2 Å². The van der Waals surface area contributed by atoms with Crippen LogP contribution in [0.4, 0.5) is 0 Å². The van der Waals surface area contributed by atoms with Gasteiger partial charge >= 0.3 is 0 Å².